The maximum Gasteiger partial charge on any atom is 0.337 e. The minimum absolute atomic E-state index is 0.0716. The summed E-state index contributed by atoms with van der Waals surface area (Å²) >= 11 is 0. The molecule has 2 aromatic rings. The first kappa shape index (κ1) is 16.8. The third-order valence-corrected chi connectivity index (χ3v) is 5.54. The Morgan fingerprint density at radius 3 is 2.38 bits per heavy atom. The Bertz CT molecular complexity index is 837. The minimum atomic E-state index is -1.03. The summed E-state index contributed by atoms with van der Waals surface area (Å²) in [7, 11) is 0. The fraction of sp³-hybridized carbons (Fsp3) is 0.381. The van der Waals surface area contributed by atoms with Crippen molar-refractivity contribution in [2.75, 3.05) is 0 Å². The molecule has 0 spiro atoms. The zero-order valence-corrected chi connectivity index (χ0v) is 14.8. The van der Waals surface area contributed by atoms with Crippen LogP contribution in [0, 0.1) is 6.92 Å². The third kappa shape index (κ3) is 3.09. The summed E-state index contributed by atoms with van der Waals surface area (Å²) in [6.07, 6.45) is 5.33. The molecule has 4 rings (SSSR count). The molecule has 0 saturated heterocycles. The first-order chi connectivity index (χ1) is 12.5. The van der Waals surface area contributed by atoms with Gasteiger partial charge in [0.2, 0.25) is 0 Å². The number of carboxylic acids is 1. The van der Waals surface area contributed by atoms with E-state index in [4.69, 9.17) is 5.11 Å². The Hall–Kier alpha value is -2.69. The van der Waals surface area contributed by atoms with Crippen molar-refractivity contribution in [1.29, 1.82) is 0 Å². The molecule has 1 amide bonds. The van der Waals surface area contributed by atoms with Crippen molar-refractivity contribution in [2.45, 2.75) is 50.6 Å². The molecular formula is C21H22N2O3. The number of aromatic carboxylic acids is 1. The summed E-state index contributed by atoms with van der Waals surface area (Å²) in [5, 5.41) is 8.98. The summed E-state index contributed by atoms with van der Waals surface area (Å²) in [6.45, 7) is 2.14. The van der Waals surface area contributed by atoms with Crippen molar-refractivity contribution in [3.63, 3.8) is 0 Å². The van der Waals surface area contributed by atoms with Gasteiger partial charge in [0.15, 0.2) is 0 Å². The number of rotatable bonds is 5. The molecule has 0 unspecified atom stereocenters. The molecule has 1 N–H and O–H groups in total. The van der Waals surface area contributed by atoms with Crippen LogP contribution in [-0.2, 0) is 0 Å². The molecular weight excluding hydrogens is 328 g/mol. The van der Waals surface area contributed by atoms with Crippen LogP contribution in [0.1, 0.15) is 63.6 Å². The standard InChI is InChI=1S/C21H22N2O3/c1-13-4-2-3-5-18(13)15-10-17(11-15)23(16-7-8-16)20(24)19-9-6-14(12-22-19)21(25)26/h2-6,9,12,15-17H,7-8,10-11H2,1H3,(H,25,26). The largest absolute Gasteiger partial charge is 0.478 e. The van der Waals surface area contributed by atoms with Gasteiger partial charge in [-0.25, -0.2) is 4.79 Å². The van der Waals surface area contributed by atoms with Crippen molar-refractivity contribution in [2.24, 2.45) is 0 Å². The lowest BCUT2D eigenvalue weighted by Gasteiger charge is -2.44. The highest BCUT2D eigenvalue weighted by Crippen LogP contribution is 2.44. The highest BCUT2D eigenvalue weighted by molar-refractivity contribution is 5.94. The second kappa shape index (κ2) is 6.56. The maximum atomic E-state index is 13.0. The second-order valence-corrected chi connectivity index (χ2v) is 7.36. The topological polar surface area (TPSA) is 70.5 Å². The SMILES string of the molecule is Cc1ccccc1C1CC(N(C(=O)c2ccc(C(=O)O)cn2)C2CC2)C1. The van der Waals surface area contributed by atoms with E-state index in [0.717, 1.165) is 25.7 Å². The molecule has 5 heteroatoms. The van der Waals surface area contributed by atoms with E-state index < -0.39 is 5.97 Å². The first-order valence-corrected chi connectivity index (χ1v) is 9.12. The van der Waals surface area contributed by atoms with E-state index in [1.165, 1.54) is 29.5 Å². The van der Waals surface area contributed by atoms with Crippen LogP contribution in [-0.4, -0.2) is 39.0 Å². The molecule has 26 heavy (non-hydrogen) atoms. The molecule has 134 valence electrons. The molecule has 2 aliphatic rings. The molecule has 0 bridgehead atoms. The number of amides is 1. The Morgan fingerprint density at radius 1 is 1.08 bits per heavy atom. The number of pyridine rings is 1. The fourth-order valence-electron chi connectivity index (χ4n) is 3.88. The second-order valence-electron chi connectivity index (χ2n) is 7.36. The van der Waals surface area contributed by atoms with Crippen LogP contribution >= 0.6 is 0 Å². The number of carbonyl (C=O) groups is 2. The Labute approximate surface area is 152 Å². The van der Waals surface area contributed by atoms with Gasteiger partial charge in [0.05, 0.1) is 5.56 Å². The number of carbonyl (C=O) groups excluding carboxylic acids is 1. The molecule has 2 saturated carbocycles. The summed E-state index contributed by atoms with van der Waals surface area (Å²) in [4.78, 5) is 30.0. The average molecular weight is 350 g/mol. The lowest BCUT2D eigenvalue weighted by Crippen LogP contribution is -2.48. The monoisotopic (exact) mass is 350 g/mol. The Morgan fingerprint density at radius 2 is 1.81 bits per heavy atom. The number of aryl methyl sites for hydroxylation is 1. The lowest BCUT2D eigenvalue weighted by atomic mass is 9.73. The van der Waals surface area contributed by atoms with E-state index in [0.29, 0.717) is 17.7 Å². The van der Waals surface area contributed by atoms with E-state index in [1.807, 2.05) is 4.90 Å². The number of carboxylic acid groups (broad SMARTS) is 1. The molecule has 5 nitrogen and oxygen atoms in total. The minimum Gasteiger partial charge on any atom is -0.478 e. The van der Waals surface area contributed by atoms with E-state index in [2.05, 4.69) is 36.2 Å². The number of nitrogens with zero attached hydrogens (tertiary/aromatic N) is 2. The average Bonchev–Trinajstić information content (AvgIpc) is 3.43. The third-order valence-electron chi connectivity index (χ3n) is 5.54. The number of hydrogen-bond donors (Lipinski definition) is 1. The summed E-state index contributed by atoms with van der Waals surface area (Å²) in [5.41, 5.74) is 3.13. The first-order valence-electron chi connectivity index (χ1n) is 9.12. The van der Waals surface area contributed by atoms with Crippen LogP contribution < -0.4 is 0 Å². The number of aromatic nitrogens is 1. The van der Waals surface area contributed by atoms with Gasteiger partial charge in [-0.1, -0.05) is 24.3 Å². The maximum absolute atomic E-state index is 13.0. The van der Waals surface area contributed by atoms with Gasteiger partial charge in [-0.05, 0) is 61.8 Å². The molecule has 2 fully saturated rings. The van der Waals surface area contributed by atoms with Crippen LogP contribution in [0.5, 0.6) is 0 Å². The van der Waals surface area contributed by atoms with Gasteiger partial charge in [-0.2, -0.15) is 0 Å². The predicted octanol–water partition coefficient (Wildman–Crippen LogP) is 3.64. The molecule has 2 aliphatic carbocycles. The van der Waals surface area contributed by atoms with Crippen LogP contribution in [0.4, 0.5) is 0 Å². The fourth-order valence-corrected chi connectivity index (χ4v) is 3.88. The molecule has 0 radical (unpaired) electrons. The van der Waals surface area contributed by atoms with Gasteiger partial charge >= 0.3 is 5.97 Å². The molecule has 0 aliphatic heterocycles. The van der Waals surface area contributed by atoms with Gasteiger partial charge in [-0.15, -0.1) is 0 Å². The number of benzene rings is 1. The van der Waals surface area contributed by atoms with E-state index in [9.17, 15) is 9.59 Å². The van der Waals surface area contributed by atoms with E-state index in [-0.39, 0.29) is 17.5 Å². The summed E-state index contributed by atoms with van der Waals surface area (Å²) in [6, 6.07) is 12.0. The molecule has 0 atom stereocenters. The molecule has 1 heterocycles. The van der Waals surface area contributed by atoms with Crippen LogP contribution in [0.2, 0.25) is 0 Å². The van der Waals surface area contributed by atoms with E-state index >= 15 is 0 Å². The smallest absolute Gasteiger partial charge is 0.337 e. The van der Waals surface area contributed by atoms with Crippen LogP contribution in [0.15, 0.2) is 42.6 Å². The Balaban J connectivity index is 1.48. The predicted molar refractivity (Wildman–Crippen MR) is 97.3 cm³/mol. The van der Waals surface area contributed by atoms with Crippen molar-refractivity contribution < 1.29 is 14.7 Å². The summed E-state index contributed by atoms with van der Waals surface area (Å²) < 4.78 is 0. The highest BCUT2D eigenvalue weighted by Gasteiger charge is 2.44. The van der Waals surface area contributed by atoms with Crippen molar-refractivity contribution in [3.8, 4) is 0 Å². The van der Waals surface area contributed by atoms with Gasteiger partial charge in [0.1, 0.15) is 5.69 Å². The highest BCUT2D eigenvalue weighted by atomic mass is 16.4. The van der Waals surface area contributed by atoms with Crippen LogP contribution in [0.25, 0.3) is 0 Å². The molecule has 1 aromatic carbocycles. The normalized spacial score (nSPS) is 21.7. The van der Waals surface area contributed by atoms with Gasteiger partial charge in [-0.3, -0.25) is 9.78 Å². The van der Waals surface area contributed by atoms with Crippen molar-refractivity contribution >= 4 is 11.9 Å². The zero-order valence-electron chi connectivity index (χ0n) is 14.8. The van der Waals surface area contributed by atoms with Gasteiger partial charge in [0, 0.05) is 18.3 Å². The zero-order chi connectivity index (χ0) is 18.3. The Kier molecular flexibility index (Phi) is 4.23. The van der Waals surface area contributed by atoms with E-state index in [1.54, 1.807) is 0 Å². The van der Waals surface area contributed by atoms with Gasteiger partial charge in [0.25, 0.3) is 5.91 Å². The quantitative estimate of drug-likeness (QED) is 0.894. The lowest BCUT2D eigenvalue weighted by molar-refractivity contribution is 0.0509. The number of hydrogen-bond acceptors (Lipinski definition) is 3. The molecule has 1 aromatic heterocycles. The van der Waals surface area contributed by atoms with Crippen LogP contribution in [0.3, 0.4) is 0 Å². The van der Waals surface area contributed by atoms with Gasteiger partial charge < -0.3 is 10.0 Å². The van der Waals surface area contributed by atoms with Crippen molar-refractivity contribution in [1.82, 2.24) is 9.88 Å². The van der Waals surface area contributed by atoms with Crippen molar-refractivity contribution in [3.05, 3.63) is 65.0 Å². The summed E-state index contributed by atoms with van der Waals surface area (Å²) in [5.74, 6) is -0.592.